The zero-order chi connectivity index (χ0) is 21.3. The van der Waals surface area contributed by atoms with Gasteiger partial charge in [-0.2, -0.15) is 0 Å². The van der Waals surface area contributed by atoms with Crippen LogP contribution in [0.25, 0.3) is 0 Å². The van der Waals surface area contributed by atoms with Crippen LogP contribution in [0.3, 0.4) is 0 Å². The Kier molecular flexibility index (Phi) is 5.68. The second kappa shape index (κ2) is 8.60. The van der Waals surface area contributed by atoms with Crippen LogP contribution >= 0.6 is 0 Å². The number of piperidine rings is 1. The summed E-state index contributed by atoms with van der Waals surface area (Å²) in [7, 11) is 0. The Morgan fingerprint density at radius 2 is 1.77 bits per heavy atom. The van der Waals surface area contributed by atoms with Crippen molar-refractivity contribution in [3.8, 4) is 0 Å². The van der Waals surface area contributed by atoms with Crippen molar-refractivity contribution in [1.82, 2.24) is 4.90 Å². The number of carbonyl (C=O) groups excluding carboxylic acids is 1. The molecule has 2 saturated heterocycles. The molecule has 0 bridgehead atoms. The second-order valence-corrected chi connectivity index (χ2v) is 9.38. The minimum atomic E-state index is -0.517. The van der Waals surface area contributed by atoms with Crippen LogP contribution < -0.4 is 0 Å². The average Bonchev–Trinajstić information content (AvgIpc) is 3.09. The fourth-order valence-electron chi connectivity index (χ4n) is 5.64. The molecule has 0 amide bonds. The van der Waals surface area contributed by atoms with E-state index in [4.69, 9.17) is 9.47 Å². The number of ketones is 1. The monoisotopic (exact) mass is 417 g/mol. The molecule has 0 radical (unpaired) electrons. The van der Waals surface area contributed by atoms with Gasteiger partial charge in [-0.25, -0.2) is 0 Å². The summed E-state index contributed by atoms with van der Waals surface area (Å²) in [5, 5.41) is 0. The maximum absolute atomic E-state index is 13.7. The molecular formula is C27H31NO3. The number of ether oxygens (including phenoxy) is 2. The highest BCUT2D eigenvalue weighted by atomic mass is 16.6. The van der Waals surface area contributed by atoms with Crippen LogP contribution in [0.1, 0.15) is 40.7 Å². The number of hydrogen-bond acceptors (Lipinski definition) is 4. The molecule has 2 heterocycles. The van der Waals surface area contributed by atoms with Crippen molar-refractivity contribution < 1.29 is 14.3 Å². The number of fused-ring (bicyclic) bond motifs is 1. The molecular weight excluding hydrogens is 386 g/mol. The van der Waals surface area contributed by atoms with Gasteiger partial charge in [0.2, 0.25) is 0 Å². The third-order valence-corrected chi connectivity index (χ3v) is 7.33. The van der Waals surface area contributed by atoms with Gasteiger partial charge >= 0.3 is 0 Å². The van der Waals surface area contributed by atoms with Gasteiger partial charge in [-0.3, -0.25) is 9.69 Å². The Morgan fingerprint density at radius 3 is 2.48 bits per heavy atom. The standard InChI is InChI=1S/C27H31NO3/c1-20-18-31-25(19-30-20)27(16-23-9-5-6-10-24(23)26(27)29)15-21-11-13-28(14-12-21)17-22-7-3-2-4-8-22/h2-10,21,25H,1,11-19H2. The quantitative estimate of drug-likeness (QED) is 0.710. The highest BCUT2D eigenvalue weighted by Crippen LogP contribution is 2.47. The van der Waals surface area contributed by atoms with Gasteiger partial charge in [0.1, 0.15) is 25.1 Å². The Morgan fingerprint density at radius 1 is 1.03 bits per heavy atom. The summed E-state index contributed by atoms with van der Waals surface area (Å²) in [5.41, 5.74) is 2.88. The summed E-state index contributed by atoms with van der Waals surface area (Å²) in [6.07, 6.45) is 3.67. The van der Waals surface area contributed by atoms with E-state index in [9.17, 15) is 4.79 Å². The smallest absolute Gasteiger partial charge is 0.172 e. The summed E-state index contributed by atoms with van der Waals surface area (Å²) >= 11 is 0. The third kappa shape index (κ3) is 4.07. The van der Waals surface area contributed by atoms with Crippen molar-refractivity contribution in [1.29, 1.82) is 0 Å². The lowest BCUT2D eigenvalue weighted by molar-refractivity contribution is -0.105. The van der Waals surface area contributed by atoms with Crippen molar-refractivity contribution in [2.75, 3.05) is 26.3 Å². The van der Waals surface area contributed by atoms with E-state index >= 15 is 0 Å². The minimum absolute atomic E-state index is 0.208. The van der Waals surface area contributed by atoms with E-state index in [0.29, 0.717) is 24.9 Å². The fraction of sp³-hybridized carbons (Fsp3) is 0.444. The maximum Gasteiger partial charge on any atom is 0.172 e. The van der Waals surface area contributed by atoms with Crippen LogP contribution in [-0.2, 0) is 22.4 Å². The molecule has 5 rings (SSSR count). The summed E-state index contributed by atoms with van der Waals surface area (Å²) < 4.78 is 11.9. The third-order valence-electron chi connectivity index (χ3n) is 7.33. The van der Waals surface area contributed by atoms with Crippen molar-refractivity contribution in [3.63, 3.8) is 0 Å². The minimum Gasteiger partial charge on any atom is -0.493 e. The molecule has 2 aromatic rings. The van der Waals surface area contributed by atoms with E-state index in [0.717, 1.165) is 56.4 Å². The highest BCUT2D eigenvalue weighted by molar-refractivity contribution is 6.05. The van der Waals surface area contributed by atoms with E-state index in [1.807, 2.05) is 18.2 Å². The van der Waals surface area contributed by atoms with Gasteiger partial charge in [0.15, 0.2) is 5.78 Å². The molecule has 0 spiro atoms. The van der Waals surface area contributed by atoms with Gasteiger partial charge in [0.05, 0.1) is 5.41 Å². The Labute approximate surface area is 184 Å². The van der Waals surface area contributed by atoms with Crippen molar-refractivity contribution in [3.05, 3.63) is 83.6 Å². The second-order valence-electron chi connectivity index (χ2n) is 9.38. The lowest BCUT2D eigenvalue weighted by atomic mass is 9.69. The van der Waals surface area contributed by atoms with Crippen LogP contribution in [0.4, 0.5) is 0 Å². The lowest BCUT2D eigenvalue weighted by Crippen LogP contribution is -2.49. The summed E-state index contributed by atoms with van der Waals surface area (Å²) in [5.74, 6) is 1.43. The van der Waals surface area contributed by atoms with Crippen LogP contribution in [0, 0.1) is 11.3 Å². The lowest BCUT2D eigenvalue weighted by Gasteiger charge is -2.42. The number of Topliss-reactive ketones (excluding diaryl/α,β-unsaturated/α-hetero) is 1. The number of rotatable bonds is 5. The molecule has 1 aliphatic carbocycles. The number of carbonyl (C=O) groups is 1. The Balaban J connectivity index is 1.30. The SMILES string of the molecule is C=C1COC(C2(CC3CCN(Cc4ccccc4)CC3)Cc3ccccc3C2=O)CO1. The van der Waals surface area contributed by atoms with Crippen LogP contribution in [0.5, 0.6) is 0 Å². The molecule has 0 saturated carbocycles. The first-order valence-electron chi connectivity index (χ1n) is 11.5. The molecule has 2 unspecified atom stereocenters. The summed E-state index contributed by atoms with van der Waals surface area (Å²) in [6.45, 7) is 7.84. The first kappa shape index (κ1) is 20.5. The topological polar surface area (TPSA) is 38.8 Å². The highest BCUT2D eigenvalue weighted by Gasteiger charge is 2.53. The first-order chi connectivity index (χ1) is 15.1. The number of likely N-dealkylation sites (tertiary alicyclic amines) is 1. The van der Waals surface area contributed by atoms with Gasteiger partial charge < -0.3 is 9.47 Å². The van der Waals surface area contributed by atoms with Gasteiger partial charge in [0.25, 0.3) is 0 Å². The Bertz CT molecular complexity index is 938. The summed E-state index contributed by atoms with van der Waals surface area (Å²) in [4.78, 5) is 16.2. The Hall–Kier alpha value is -2.43. The molecule has 4 nitrogen and oxygen atoms in total. The first-order valence-corrected chi connectivity index (χ1v) is 11.5. The zero-order valence-electron chi connectivity index (χ0n) is 18.1. The van der Waals surface area contributed by atoms with Crippen LogP contribution in [0.2, 0.25) is 0 Å². The van der Waals surface area contributed by atoms with E-state index in [1.165, 1.54) is 5.56 Å². The molecule has 31 heavy (non-hydrogen) atoms. The molecule has 2 fully saturated rings. The fourth-order valence-corrected chi connectivity index (χ4v) is 5.64. The molecule has 3 aliphatic rings. The van der Waals surface area contributed by atoms with E-state index in [2.05, 4.69) is 47.9 Å². The predicted octanol–water partition coefficient (Wildman–Crippen LogP) is 4.64. The predicted molar refractivity (Wildman–Crippen MR) is 121 cm³/mol. The number of nitrogens with zero attached hydrogens (tertiary/aromatic N) is 1. The maximum atomic E-state index is 13.7. The van der Waals surface area contributed by atoms with Gasteiger partial charge in [-0.1, -0.05) is 61.2 Å². The number of hydrogen-bond donors (Lipinski definition) is 0. The average molecular weight is 418 g/mol. The van der Waals surface area contributed by atoms with Gasteiger partial charge in [-0.05, 0) is 55.8 Å². The normalized spacial score (nSPS) is 27.2. The molecule has 2 aliphatic heterocycles. The molecule has 0 N–H and O–H groups in total. The largest absolute Gasteiger partial charge is 0.493 e. The van der Waals surface area contributed by atoms with Crippen molar-refractivity contribution >= 4 is 5.78 Å². The van der Waals surface area contributed by atoms with Gasteiger partial charge in [0, 0.05) is 12.1 Å². The van der Waals surface area contributed by atoms with Crippen molar-refractivity contribution in [2.45, 2.75) is 38.3 Å². The van der Waals surface area contributed by atoms with E-state index in [-0.39, 0.29) is 11.9 Å². The van der Waals surface area contributed by atoms with Crippen LogP contribution in [0.15, 0.2) is 66.9 Å². The molecule has 162 valence electrons. The summed E-state index contributed by atoms with van der Waals surface area (Å²) in [6, 6.07) is 18.8. The van der Waals surface area contributed by atoms with E-state index in [1.54, 1.807) is 0 Å². The number of benzene rings is 2. The molecule has 2 aromatic carbocycles. The molecule has 2 atom stereocenters. The van der Waals surface area contributed by atoms with Crippen molar-refractivity contribution in [2.24, 2.45) is 11.3 Å². The molecule has 4 heteroatoms. The van der Waals surface area contributed by atoms with E-state index < -0.39 is 5.41 Å². The van der Waals surface area contributed by atoms with Crippen LogP contribution in [-0.4, -0.2) is 43.1 Å². The van der Waals surface area contributed by atoms with Gasteiger partial charge in [-0.15, -0.1) is 0 Å². The molecule has 0 aromatic heterocycles. The zero-order valence-corrected chi connectivity index (χ0v) is 18.1.